The summed E-state index contributed by atoms with van der Waals surface area (Å²) in [6, 6.07) is 27.1. The summed E-state index contributed by atoms with van der Waals surface area (Å²) in [6.45, 7) is 2.56. The van der Waals surface area contributed by atoms with E-state index in [1.54, 1.807) is 7.11 Å². The number of aliphatic imine (C=N–C) groups is 1. The number of guanidine groups is 1. The first-order chi connectivity index (χ1) is 19.9. The number of nitrogens with one attached hydrogen (secondary N) is 1. The van der Waals surface area contributed by atoms with Crippen molar-refractivity contribution in [2.24, 2.45) is 10.7 Å². The number of hydrogen-bond acceptors (Lipinski definition) is 4. The van der Waals surface area contributed by atoms with E-state index in [1.807, 2.05) is 24.3 Å². The summed E-state index contributed by atoms with van der Waals surface area (Å²) in [4.78, 5) is 21.9. The minimum atomic E-state index is -0.334. The molecular formula is C34H45N5O2. The average Bonchev–Trinajstić information content (AvgIpc) is 2.99. The molecule has 4 rings (SSSR count). The van der Waals surface area contributed by atoms with Crippen LogP contribution in [0.15, 0.2) is 83.9 Å². The zero-order valence-electron chi connectivity index (χ0n) is 24.8. The highest BCUT2D eigenvalue weighted by molar-refractivity contribution is 5.94. The molecule has 1 unspecified atom stereocenters. The Hall–Kier alpha value is -3.84. The SMILES string of the molecule is COc1cccc(C(CC(N)=O)c2ccc(NC(=NC3CCCCC3)N(CCN(C)C)Cc3ccccc3)cc2)c1. The van der Waals surface area contributed by atoms with Crippen LogP contribution >= 0.6 is 0 Å². The number of carbonyl (C=O) groups excluding carboxylic acids is 1. The first-order valence-corrected chi connectivity index (χ1v) is 14.7. The molecule has 0 spiro atoms. The summed E-state index contributed by atoms with van der Waals surface area (Å²) < 4.78 is 5.42. The Labute approximate surface area is 245 Å². The second-order valence-electron chi connectivity index (χ2n) is 11.2. The summed E-state index contributed by atoms with van der Waals surface area (Å²) in [5, 5.41) is 3.68. The molecule has 1 amide bonds. The molecule has 3 aromatic carbocycles. The normalized spacial score (nSPS) is 15.0. The van der Waals surface area contributed by atoms with Crippen molar-refractivity contribution in [3.8, 4) is 5.75 Å². The number of primary amides is 1. The predicted octanol–water partition coefficient (Wildman–Crippen LogP) is 5.87. The van der Waals surface area contributed by atoms with Crippen LogP contribution in [0.2, 0.25) is 0 Å². The average molecular weight is 556 g/mol. The van der Waals surface area contributed by atoms with Gasteiger partial charge in [-0.1, -0.05) is 73.9 Å². The number of nitrogens with two attached hydrogens (primary N) is 1. The van der Waals surface area contributed by atoms with Crippen LogP contribution < -0.4 is 15.8 Å². The van der Waals surface area contributed by atoms with Crippen LogP contribution in [0.1, 0.15) is 61.1 Å². The van der Waals surface area contributed by atoms with Crippen LogP contribution in [0, 0.1) is 0 Å². The molecule has 1 saturated carbocycles. The monoisotopic (exact) mass is 555 g/mol. The Morgan fingerprint density at radius 1 is 0.951 bits per heavy atom. The number of benzene rings is 3. The van der Waals surface area contributed by atoms with E-state index < -0.39 is 0 Å². The van der Waals surface area contributed by atoms with E-state index in [0.717, 1.165) is 61.0 Å². The third-order valence-electron chi connectivity index (χ3n) is 7.68. The number of likely N-dealkylation sites (N-methyl/N-ethyl adjacent to an activating group) is 1. The van der Waals surface area contributed by atoms with Crippen molar-refractivity contribution in [2.75, 3.05) is 39.6 Å². The van der Waals surface area contributed by atoms with Crippen LogP contribution in [0.4, 0.5) is 5.69 Å². The Kier molecular flexibility index (Phi) is 11.2. The number of methoxy groups -OCH3 is 1. The Bertz CT molecular complexity index is 1250. The number of ether oxygens (including phenoxy) is 1. The molecular weight excluding hydrogens is 510 g/mol. The highest BCUT2D eigenvalue weighted by Gasteiger charge is 2.20. The Morgan fingerprint density at radius 3 is 2.34 bits per heavy atom. The maximum atomic E-state index is 12.0. The van der Waals surface area contributed by atoms with Crippen LogP contribution in [0.3, 0.4) is 0 Å². The molecule has 0 radical (unpaired) electrons. The zero-order valence-corrected chi connectivity index (χ0v) is 24.8. The van der Waals surface area contributed by atoms with Gasteiger partial charge in [0.05, 0.1) is 13.2 Å². The largest absolute Gasteiger partial charge is 0.497 e. The van der Waals surface area contributed by atoms with E-state index in [9.17, 15) is 4.79 Å². The van der Waals surface area contributed by atoms with Crippen molar-refractivity contribution in [3.05, 3.63) is 95.6 Å². The van der Waals surface area contributed by atoms with Gasteiger partial charge in [0.1, 0.15) is 5.75 Å². The second kappa shape index (κ2) is 15.2. The number of anilines is 1. The molecule has 0 saturated heterocycles. The summed E-state index contributed by atoms with van der Waals surface area (Å²) in [5.74, 6) is 1.19. The number of rotatable bonds is 12. The predicted molar refractivity (Wildman–Crippen MR) is 168 cm³/mol. The molecule has 1 aliphatic rings. The fourth-order valence-corrected chi connectivity index (χ4v) is 5.38. The quantitative estimate of drug-likeness (QED) is 0.216. The standard InChI is InChI=1S/C34H45N5O2/c1-38(2)21-22-39(25-26-11-6-4-7-12-26)34(36-29-14-8-5-9-15-29)37-30-19-17-27(18-20-30)32(24-33(35)40)28-13-10-16-31(23-28)41-3/h4,6-7,10-13,16-20,23,29,32H,5,8-9,14-15,21-22,24-25H2,1-3H3,(H2,35,40)(H,36,37). The van der Waals surface area contributed by atoms with E-state index in [0.29, 0.717) is 6.04 Å². The summed E-state index contributed by atoms with van der Waals surface area (Å²) >= 11 is 0. The van der Waals surface area contributed by atoms with Gasteiger partial charge in [-0.15, -0.1) is 0 Å². The molecule has 3 N–H and O–H groups in total. The van der Waals surface area contributed by atoms with Gasteiger partial charge in [0.2, 0.25) is 5.91 Å². The van der Waals surface area contributed by atoms with Crippen molar-refractivity contribution in [2.45, 2.75) is 57.0 Å². The van der Waals surface area contributed by atoms with Gasteiger partial charge in [0.15, 0.2) is 5.96 Å². The Morgan fingerprint density at radius 2 is 1.68 bits per heavy atom. The lowest BCUT2D eigenvalue weighted by Crippen LogP contribution is -2.41. The molecule has 7 heteroatoms. The molecule has 3 aromatic rings. The van der Waals surface area contributed by atoms with Crippen molar-refractivity contribution < 1.29 is 9.53 Å². The molecule has 0 aromatic heterocycles. The first-order valence-electron chi connectivity index (χ1n) is 14.7. The lowest BCUT2D eigenvalue weighted by Gasteiger charge is -2.30. The fraction of sp³-hybridized carbons (Fsp3) is 0.412. The van der Waals surface area contributed by atoms with Gasteiger partial charge < -0.3 is 25.6 Å². The minimum Gasteiger partial charge on any atom is -0.497 e. The van der Waals surface area contributed by atoms with Gasteiger partial charge in [-0.2, -0.15) is 0 Å². The van der Waals surface area contributed by atoms with Gasteiger partial charge in [-0.25, -0.2) is 4.99 Å². The van der Waals surface area contributed by atoms with Crippen molar-refractivity contribution in [1.82, 2.24) is 9.80 Å². The van der Waals surface area contributed by atoms with Gasteiger partial charge in [0, 0.05) is 37.7 Å². The third kappa shape index (κ3) is 9.35. The van der Waals surface area contributed by atoms with Gasteiger partial charge in [-0.3, -0.25) is 4.79 Å². The lowest BCUT2D eigenvalue weighted by atomic mass is 9.88. The van der Waals surface area contributed by atoms with Crippen LogP contribution in [0.5, 0.6) is 5.75 Å². The minimum absolute atomic E-state index is 0.151. The van der Waals surface area contributed by atoms with E-state index in [1.165, 1.54) is 24.8 Å². The van der Waals surface area contributed by atoms with E-state index >= 15 is 0 Å². The van der Waals surface area contributed by atoms with Crippen LogP contribution in [0.25, 0.3) is 0 Å². The fourth-order valence-electron chi connectivity index (χ4n) is 5.38. The maximum absolute atomic E-state index is 12.0. The smallest absolute Gasteiger partial charge is 0.218 e. The van der Waals surface area contributed by atoms with Crippen LogP contribution in [-0.2, 0) is 11.3 Å². The number of amides is 1. The molecule has 1 aliphatic carbocycles. The molecule has 0 heterocycles. The first kappa shape index (κ1) is 30.1. The van der Waals surface area contributed by atoms with E-state index in [2.05, 4.69) is 83.8 Å². The van der Waals surface area contributed by atoms with E-state index in [-0.39, 0.29) is 18.2 Å². The van der Waals surface area contributed by atoms with Gasteiger partial charge in [-0.05, 0) is 67.9 Å². The summed E-state index contributed by atoms with van der Waals surface area (Å²) in [7, 11) is 5.86. The molecule has 1 fully saturated rings. The molecule has 7 nitrogen and oxygen atoms in total. The summed E-state index contributed by atoms with van der Waals surface area (Å²) in [6.07, 6.45) is 6.25. The molecule has 0 bridgehead atoms. The topological polar surface area (TPSA) is 83.2 Å². The van der Waals surface area contributed by atoms with Crippen molar-refractivity contribution >= 4 is 17.6 Å². The van der Waals surface area contributed by atoms with Gasteiger partial charge in [0.25, 0.3) is 0 Å². The van der Waals surface area contributed by atoms with E-state index in [4.69, 9.17) is 15.5 Å². The summed E-state index contributed by atoms with van der Waals surface area (Å²) in [5.41, 5.74) is 9.92. The van der Waals surface area contributed by atoms with Crippen molar-refractivity contribution in [3.63, 3.8) is 0 Å². The maximum Gasteiger partial charge on any atom is 0.218 e. The molecule has 1 atom stereocenters. The van der Waals surface area contributed by atoms with Crippen LogP contribution in [-0.4, -0.2) is 62.0 Å². The molecule has 218 valence electrons. The Balaban J connectivity index is 1.61. The second-order valence-corrected chi connectivity index (χ2v) is 11.2. The third-order valence-corrected chi connectivity index (χ3v) is 7.68. The van der Waals surface area contributed by atoms with Gasteiger partial charge >= 0.3 is 0 Å². The number of hydrogen-bond donors (Lipinski definition) is 2. The highest BCUT2D eigenvalue weighted by atomic mass is 16.5. The van der Waals surface area contributed by atoms with Crippen molar-refractivity contribution in [1.29, 1.82) is 0 Å². The highest BCUT2D eigenvalue weighted by Crippen LogP contribution is 2.31. The zero-order chi connectivity index (χ0) is 29.0. The lowest BCUT2D eigenvalue weighted by molar-refractivity contribution is -0.118. The molecule has 41 heavy (non-hydrogen) atoms. The molecule has 0 aliphatic heterocycles. The number of nitrogens with zero attached hydrogens (tertiary/aromatic N) is 3. The number of carbonyl (C=O) groups is 1.